The van der Waals surface area contributed by atoms with Gasteiger partial charge in [-0.1, -0.05) is 18.5 Å². The summed E-state index contributed by atoms with van der Waals surface area (Å²) in [6.07, 6.45) is 0. The van der Waals surface area contributed by atoms with E-state index < -0.39 is 0 Å². The predicted octanol–water partition coefficient (Wildman–Crippen LogP) is 1.84. The molecule has 1 aromatic rings. The number of nitrogens with zero attached hydrogens (tertiary/aromatic N) is 1. The standard InChI is InChI=1S/C15H20ClN3O2/c1-9(10-7-17-8-10)14(20)18-11-4-5-13(16)12(6-11)15(21)19(2)3/h4-6,9-10,17H,7-8H2,1-3H3,(H,18,20). The third kappa shape index (κ3) is 3.54. The third-order valence-electron chi connectivity index (χ3n) is 3.80. The quantitative estimate of drug-likeness (QED) is 0.892. The second kappa shape index (κ2) is 6.45. The fourth-order valence-electron chi connectivity index (χ4n) is 2.14. The number of amides is 2. The molecule has 2 N–H and O–H groups in total. The van der Waals surface area contributed by atoms with Crippen LogP contribution < -0.4 is 10.6 Å². The molecular formula is C15H20ClN3O2. The van der Waals surface area contributed by atoms with Crippen molar-refractivity contribution in [1.82, 2.24) is 10.2 Å². The first-order valence-corrected chi connectivity index (χ1v) is 7.30. The van der Waals surface area contributed by atoms with E-state index >= 15 is 0 Å². The van der Waals surface area contributed by atoms with Gasteiger partial charge in [0.05, 0.1) is 10.6 Å². The van der Waals surface area contributed by atoms with E-state index in [2.05, 4.69) is 10.6 Å². The van der Waals surface area contributed by atoms with Crippen molar-refractivity contribution in [3.05, 3.63) is 28.8 Å². The first kappa shape index (κ1) is 15.8. The van der Waals surface area contributed by atoms with Crippen molar-refractivity contribution in [2.45, 2.75) is 6.92 Å². The van der Waals surface area contributed by atoms with Crippen LogP contribution >= 0.6 is 11.6 Å². The van der Waals surface area contributed by atoms with Gasteiger partial charge in [-0.15, -0.1) is 0 Å². The Hall–Kier alpha value is -1.59. The highest BCUT2D eigenvalue weighted by Crippen LogP contribution is 2.23. The van der Waals surface area contributed by atoms with E-state index in [1.54, 1.807) is 32.3 Å². The van der Waals surface area contributed by atoms with E-state index in [9.17, 15) is 9.59 Å². The Kier molecular flexibility index (Phi) is 4.85. The van der Waals surface area contributed by atoms with Crippen molar-refractivity contribution in [3.8, 4) is 0 Å². The number of halogens is 1. The number of carbonyl (C=O) groups excluding carboxylic acids is 2. The SMILES string of the molecule is CC(C(=O)Nc1ccc(Cl)c(C(=O)N(C)C)c1)C1CNC1. The van der Waals surface area contributed by atoms with Gasteiger partial charge in [-0.05, 0) is 37.2 Å². The van der Waals surface area contributed by atoms with Gasteiger partial charge in [0.1, 0.15) is 0 Å². The number of carbonyl (C=O) groups is 2. The minimum absolute atomic E-state index is 0.0351. The van der Waals surface area contributed by atoms with Crippen LogP contribution in [-0.2, 0) is 4.79 Å². The number of rotatable bonds is 4. The molecule has 0 spiro atoms. The van der Waals surface area contributed by atoms with Crippen molar-refractivity contribution < 1.29 is 9.59 Å². The Morgan fingerprint density at radius 3 is 2.57 bits per heavy atom. The molecule has 5 nitrogen and oxygen atoms in total. The van der Waals surface area contributed by atoms with Gasteiger partial charge in [0, 0.05) is 25.7 Å². The summed E-state index contributed by atoms with van der Waals surface area (Å²) in [5.74, 6) is 0.0921. The Morgan fingerprint density at radius 2 is 2.05 bits per heavy atom. The van der Waals surface area contributed by atoms with Crippen LogP contribution in [0.15, 0.2) is 18.2 Å². The zero-order valence-corrected chi connectivity index (χ0v) is 13.2. The van der Waals surface area contributed by atoms with E-state index in [0.29, 0.717) is 22.2 Å². The van der Waals surface area contributed by atoms with Crippen LogP contribution in [-0.4, -0.2) is 43.9 Å². The molecule has 0 aromatic heterocycles. The van der Waals surface area contributed by atoms with Crippen LogP contribution in [0.2, 0.25) is 5.02 Å². The molecule has 6 heteroatoms. The van der Waals surface area contributed by atoms with Crippen LogP contribution in [0.5, 0.6) is 0 Å². The second-order valence-corrected chi connectivity index (χ2v) is 6.00. The van der Waals surface area contributed by atoms with Gasteiger partial charge >= 0.3 is 0 Å². The fourth-order valence-corrected chi connectivity index (χ4v) is 2.34. The summed E-state index contributed by atoms with van der Waals surface area (Å²) >= 11 is 6.05. The summed E-state index contributed by atoms with van der Waals surface area (Å²) in [6, 6.07) is 4.95. The highest BCUT2D eigenvalue weighted by Gasteiger charge is 2.28. The van der Waals surface area contributed by atoms with Crippen molar-refractivity contribution in [2.24, 2.45) is 11.8 Å². The molecule has 1 fully saturated rings. The molecule has 1 atom stereocenters. The first-order valence-electron chi connectivity index (χ1n) is 6.93. The van der Waals surface area contributed by atoms with Gasteiger partial charge in [-0.3, -0.25) is 9.59 Å². The molecule has 0 bridgehead atoms. The summed E-state index contributed by atoms with van der Waals surface area (Å²) in [4.78, 5) is 25.7. The molecule has 114 valence electrons. The Labute approximate surface area is 129 Å². The average Bonchev–Trinajstić information content (AvgIpc) is 2.37. The molecule has 1 saturated heterocycles. The van der Waals surface area contributed by atoms with Crippen LogP contribution in [0.1, 0.15) is 17.3 Å². The summed E-state index contributed by atoms with van der Waals surface area (Å²) in [5, 5.41) is 6.39. The summed E-state index contributed by atoms with van der Waals surface area (Å²) in [7, 11) is 3.32. The van der Waals surface area contributed by atoms with Crippen LogP contribution in [0.4, 0.5) is 5.69 Å². The molecule has 0 saturated carbocycles. The minimum atomic E-state index is -0.188. The maximum absolute atomic E-state index is 12.2. The molecule has 1 aliphatic heterocycles. The number of benzene rings is 1. The third-order valence-corrected chi connectivity index (χ3v) is 4.13. The van der Waals surface area contributed by atoms with Gasteiger partial charge in [-0.2, -0.15) is 0 Å². The van der Waals surface area contributed by atoms with Crippen LogP contribution in [0, 0.1) is 11.8 Å². The lowest BCUT2D eigenvalue weighted by Crippen LogP contribution is -2.48. The van der Waals surface area contributed by atoms with Gasteiger partial charge < -0.3 is 15.5 Å². The lowest BCUT2D eigenvalue weighted by molar-refractivity contribution is -0.121. The highest BCUT2D eigenvalue weighted by atomic mass is 35.5. The van der Waals surface area contributed by atoms with E-state index in [1.165, 1.54) is 4.90 Å². The Morgan fingerprint density at radius 1 is 1.38 bits per heavy atom. The second-order valence-electron chi connectivity index (χ2n) is 5.59. The zero-order valence-electron chi connectivity index (χ0n) is 12.4. The normalized spacial score (nSPS) is 16.0. The maximum atomic E-state index is 12.2. The summed E-state index contributed by atoms with van der Waals surface area (Å²) < 4.78 is 0. The molecule has 1 unspecified atom stereocenters. The van der Waals surface area contributed by atoms with Crippen LogP contribution in [0.3, 0.4) is 0 Å². The van der Waals surface area contributed by atoms with E-state index in [-0.39, 0.29) is 17.7 Å². The molecule has 2 amide bonds. The fraction of sp³-hybridized carbons (Fsp3) is 0.467. The molecular weight excluding hydrogens is 290 g/mol. The maximum Gasteiger partial charge on any atom is 0.254 e. The molecule has 0 aliphatic carbocycles. The predicted molar refractivity (Wildman–Crippen MR) is 83.6 cm³/mol. The number of hydrogen-bond donors (Lipinski definition) is 2. The first-order chi connectivity index (χ1) is 9.90. The van der Waals surface area contributed by atoms with Crippen molar-refractivity contribution in [1.29, 1.82) is 0 Å². The number of nitrogens with one attached hydrogen (secondary N) is 2. The van der Waals surface area contributed by atoms with Gasteiger partial charge in [0.15, 0.2) is 0 Å². The molecule has 1 aromatic carbocycles. The lowest BCUT2D eigenvalue weighted by atomic mass is 9.88. The molecule has 1 aliphatic rings. The average molecular weight is 310 g/mol. The lowest BCUT2D eigenvalue weighted by Gasteiger charge is -2.31. The van der Waals surface area contributed by atoms with E-state index in [4.69, 9.17) is 11.6 Å². The monoisotopic (exact) mass is 309 g/mol. The van der Waals surface area contributed by atoms with Crippen molar-refractivity contribution in [2.75, 3.05) is 32.5 Å². The highest BCUT2D eigenvalue weighted by molar-refractivity contribution is 6.34. The van der Waals surface area contributed by atoms with Crippen molar-refractivity contribution >= 4 is 29.1 Å². The van der Waals surface area contributed by atoms with E-state index in [0.717, 1.165) is 13.1 Å². The minimum Gasteiger partial charge on any atom is -0.345 e. The summed E-state index contributed by atoms with van der Waals surface area (Å²) in [6.45, 7) is 3.67. The Bertz CT molecular complexity index is 556. The van der Waals surface area contributed by atoms with Crippen LogP contribution in [0.25, 0.3) is 0 Å². The smallest absolute Gasteiger partial charge is 0.254 e. The molecule has 0 radical (unpaired) electrons. The zero-order chi connectivity index (χ0) is 15.6. The van der Waals surface area contributed by atoms with Gasteiger partial charge in [-0.25, -0.2) is 0 Å². The summed E-state index contributed by atoms with van der Waals surface area (Å²) in [5.41, 5.74) is 0.978. The van der Waals surface area contributed by atoms with E-state index in [1.807, 2.05) is 6.92 Å². The number of anilines is 1. The molecule has 21 heavy (non-hydrogen) atoms. The Balaban J connectivity index is 2.11. The molecule has 1 heterocycles. The topological polar surface area (TPSA) is 61.4 Å². The van der Waals surface area contributed by atoms with Crippen molar-refractivity contribution in [3.63, 3.8) is 0 Å². The van der Waals surface area contributed by atoms with Gasteiger partial charge in [0.2, 0.25) is 5.91 Å². The van der Waals surface area contributed by atoms with Gasteiger partial charge in [0.25, 0.3) is 5.91 Å². The molecule has 2 rings (SSSR count). The number of hydrogen-bond acceptors (Lipinski definition) is 3. The largest absolute Gasteiger partial charge is 0.345 e.